The van der Waals surface area contributed by atoms with Gasteiger partial charge in [-0.15, -0.1) is 0 Å². The van der Waals surface area contributed by atoms with Gasteiger partial charge in [-0.05, 0) is 43.9 Å². The summed E-state index contributed by atoms with van der Waals surface area (Å²) in [7, 11) is 0. The Labute approximate surface area is 69.7 Å². The van der Waals surface area contributed by atoms with Crippen LogP contribution < -0.4 is 0 Å². The fourth-order valence-corrected chi connectivity index (χ4v) is 2.59. The lowest BCUT2D eigenvalue weighted by molar-refractivity contribution is 0.461. The molecule has 0 aromatic carbocycles. The minimum Gasteiger partial charge on any atom is -0.0885 e. The van der Waals surface area contributed by atoms with Gasteiger partial charge < -0.3 is 0 Å². The highest BCUT2D eigenvalue weighted by atomic mass is 14.3. The summed E-state index contributed by atoms with van der Waals surface area (Å²) in [5.41, 5.74) is 0. The van der Waals surface area contributed by atoms with Gasteiger partial charge in [0.1, 0.15) is 0 Å². The smallest absolute Gasteiger partial charge is 0.0322 e. The SMILES string of the molecule is C1=C/CC2CC[C@H](CCC/1)C2. The minimum atomic E-state index is 1.05. The van der Waals surface area contributed by atoms with Gasteiger partial charge in [-0.3, -0.25) is 0 Å². The first-order valence-electron chi connectivity index (χ1n) is 5.10. The van der Waals surface area contributed by atoms with Crippen LogP contribution in [0.4, 0.5) is 0 Å². The van der Waals surface area contributed by atoms with Crippen LogP contribution in [0.1, 0.15) is 44.9 Å². The highest BCUT2D eigenvalue weighted by Gasteiger charge is 2.23. The molecule has 0 amide bonds. The maximum Gasteiger partial charge on any atom is -0.0322 e. The van der Waals surface area contributed by atoms with E-state index in [9.17, 15) is 0 Å². The maximum atomic E-state index is 2.42. The molecule has 0 radical (unpaired) electrons. The molecule has 1 fully saturated rings. The van der Waals surface area contributed by atoms with Crippen molar-refractivity contribution in [2.45, 2.75) is 44.9 Å². The second-order valence-corrected chi connectivity index (χ2v) is 4.18. The molecule has 2 atom stereocenters. The third kappa shape index (κ3) is 1.85. The van der Waals surface area contributed by atoms with Gasteiger partial charge in [-0.2, -0.15) is 0 Å². The van der Waals surface area contributed by atoms with Crippen molar-refractivity contribution in [3.63, 3.8) is 0 Å². The summed E-state index contributed by atoms with van der Waals surface area (Å²) in [6, 6.07) is 0. The van der Waals surface area contributed by atoms with Gasteiger partial charge in [0, 0.05) is 0 Å². The first-order valence-corrected chi connectivity index (χ1v) is 5.10. The van der Waals surface area contributed by atoms with Gasteiger partial charge in [-0.25, -0.2) is 0 Å². The average Bonchev–Trinajstić information content (AvgIpc) is 2.49. The average molecular weight is 150 g/mol. The third-order valence-electron chi connectivity index (χ3n) is 3.27. The number of fused-ring (bicyclic) bond motifs is 2. The van der Waals surface area contributed by atoms with Crippen molar-refractivity contribution in [1.82, 2.24) is 0 Å². The molecular weight excluding hydrogens is 132 g/mol. The quantitative estimate of drug-likeness (QED) is 0.463. The van der Waals surface area contributed by atoms with Gasteiger partial charge in [0.25, 0.3) is 0 Å². The molecule has 0 aliphatic heterocycles. The van der Waals surface area contributed by atoms with Crippen LogP contribution in [0, 0.1) is 11.8 Å². The van der Waals surface area contributed by atoms with E-state index in [1.165, 1.54) is 44.9 Å². The van der Waals surface area contributed by atoms with E-state index in [0.717, 1.165) is 11.8 Å². The van der Waals surface area contributed by atoms with E-state index in [1.54, 1.807) is 0 Å². The zero-order valence-corrected chi connectivity index (χ0v) is 7.26. The van der Waals surface area contributed by atoms with E-state index in [-0.39, 0.29) is 0 Å². The summed E-state index contributed by atoms with van der Waals surface area (Å²) in [6.07, 6.45) is 15.0. The van der Waals surface area contributed by atoms with Crippen molar-refractivity contribution < 1.29 is 0 Å². The molecular formula is C11H18. The predicted molar refractivity (Wildman–Crippen MR) is 48.4 cm³/mol. The molecule has 0 N–H and O–H groups in total. The van der Waals surface area contributed by atoms with E-state index in [1.807, 2.05) is 0 Å². The summed E-state index contributed by atoms with van der Waals surface area (Å²) in [5.74, 6) is 2.15. The monoisotopic (exact) mass is 150 g/mol. The van der Waals surface area contributed by atoms with Crippen LogP contribution in [0.3, 0.4) is 0 Å². The van der Waals surface area contributed by atoms with E-state index in [0.29, 0.717) is 0 Å². The van der Waals surface area contributed by atoms with Crippen molar-refractivity contribution >= 4 is 0 Å². The second kappa shape index (κ2) is 3.42. The number of hydrogen-bond donors (Lipinski definition) is 0. The first-order chi connectivity index (χ1) is 5.45. The van der Waals surface area contributed by atoms with Crippen LogP contribution in [0.15, 0.2) is 12.2 Å². The van der Waals surface area contributed by atoms with Crippen LogP contribution in [0.2, 0.25) is 0 Å². The number of allylic oxidation sites excluding steroid dienone is 2. The van der Waals surface area contributed by atoms with Gasteiger partial charge >= 0.3 is 0 Å². The van der Waals surface area contributed by atoms with Crippen LogP contribution in [-0.2, 0) is 0 Å². The Kier molecular flexibility index (Phi) is 2.30. The zero-order valence-electron chi connectivity index (χ0n) is 7.26. The van der Waals surface area contributed by atoms with E-state index in [4.69, 9.17) is 0 Å². The van der Waals surface area contributed by atoms with Crippen molar-refractivity contribution in [2.75, 3.05) is 0 Å². The molecule has 11 heavy (non-hydrogen) atoms. The van der Waals surface area contributed by atoms with Crippen LogP contribution in [0.5, 0.6) is 0 Å². The lowest BCUT2D eigenvalue weighted by Crippen LogP contribution is -1.94. The van der Waals surface area contributed by atoms with Gasteiger partial charge in [0.15, 0.2) is 0 Å². The Morgan fingerprint density at radius 1 is 0.909 bits per heavy atom. The molecule has 1 saturated carbocycles. The summed E-state index contributed by atoms with van der Waals surface area (Å²) >= 11 is 0. The van der Waals surface area contributed by atoms with E-state index in [2.05, 4.69) is 12.2 Å². The number of hydrogen-bond acceptors (Lipinski definition) is 0. The lowest BCUT2D eigenvalue weighted by atomic mass is 9.99. The standard InChI is InChI=1S/C11H18/c1-2-4-6-11-8-7-10(9-11)5-3-1/h1,3,10-11H,2,4-9H2/b3-1+/t10?,11-/m0/s1. The zero-order chi connectivity index (χ0) is 7.52. The highest BCUT2D eigenvalue weighted by molar-refractivity contribution is 4.89. The fourth-order valence-electron chi connectivity index (χ4n) is 2.59. The molecule has 0 heterocycles. The molecule has 2 aliphatic rings. The molecule has 0 aromatic heterocycles. The Morgan fingerprint density at radius 3 is 2.82 bits per heavy atom. The van der Waals surface area contributed by atoms with Crippen LogP contribution in [-0.4, -0.2) is 0 Å². The first kappa shape index (κ1) is 7.39. The maximum absolute atomic E-state index is 2.42. The molecule has 0 aromatic rings. The molecule has 2 bridgehead atoms. The van der Waals surface area contributed by atoms with Gasteiger partial charge in [-0.1, -0.05) is 25.0 Å². The van der Waals surface area contributed by atoms with Crippen molar-refractivity contribution in [1.29, 1.82) is 0 Å². The largest absolute Gasteiger partial charge is 0.0885 e. The summed E-state index contributed by atoms with van der Waals surface area (Å²) in [5, 5.41) is 0. The molecule has 62 valence electrons. The fraction of sp³-hybridized carbons (Fsp3) is 0.818. The summed E-state index contributed by atoms with van der Waals surface area (Å²) in [4.78, 5) is 0. The Morgan fingerprint density at radius 2 is 1.82 bits per heavy atom. The molecule has 0 saturated heterocycles. The summed E-state index contributed by atoms with van der Waals surface area (Å²) in [6.45, 7) is 0. The third-order valence-corrected chi connectivity index (χ3v) is 3.27. The summed E-state index contributed by atoms with van der Waals surface area (Å²) < 4.78 is 0. The minimum absolute atomic E-state index is 1.05. The van der Waals surface area contributed by atoms with Crippen molar-refractivity contribution in [3.8, 4) is 0 Å². The van der Waals surface area contributed by atoms with Crippen molar-refractivity contribution in [2.24, 2.45) is 11.8 Å². The van der Waals surface area contributed by atoms with Gasteiger partial charge in [0.2, 0.25) is 0 Å². The predicted octanol–water partition coefficient (Wildman–Crippen LogP) is 3.53. The highest BCUT2D eigenvalue weighted by Crippen LogP contribution is 2.36. The lowest BCUT2D eigenvalue weighted by Gasteiger charge is -2.06. The van der Waals surface area contributed by atoms with Crippen LogP contribution in [0.25, 0.3) is 0 Å². The molecule has 1 unspecified atom stereocenters. The van der Waals surface area contributed by atoms with E-state index < -0.39 is 0 Å². The normalized spacial score (nSPS) is 40.7. The number of rotatable bonds is 0. The Balaban J connectivity index is 1.96. The molecule has 0 heteroatoms. The molecule has 0 nitrogen and oxygen atoms in total. The topological polar surface area (TPSA) is 0 Å². The Bertz CT molecular complexity index is 146. The second-order valence-electron chi connectivity index (χ2n) is 4.18. The van der Waals surface area contributed by atoms with Crippen LogP contribution >= 0.6 is 0 Å². The Hall–Kier alpha value is -0.260. The molecule has 2 aliphatic carbocycles. The molecule has 2 rings (SSSR count). The van der Waals surface area contributed by atoms with Gasteiger partial charge in [0.05, 0.1) is 0 Å². The van der Waals surface area contributed by atoms with Crippen molar-refractivity contribution in [3.05, 3.63) is 12.2 Å². The molecule has 0 spiro atoms. The van der Waals surface area contributed by atoms with E-state index >= 15 is 0 Å².